The van der Waals surface area contributed by atoms with Gasteiger partial charge in [0.2, 0.25) is 0 Å². The lowest BCUT2D eigenvalue weighted by Crippen LogP contribution is -2.39. The zero-order valence-corrected chi connectivity index (χ0v) is 17.0. The van der Waals surface area contributed by atoms with Crippen molar-refractivity contribution in [3.8, 4) is 5.75 Å². The molecular weight excluding hydrogens is 378 g/mol. The molecule has 5 nitrogen and oxygen atoms in total. The zero-order chi connectivity index (χ0) is 20.8. The van der Waals surface area contributed by atoms with E-state index >= 15 is 0 Å². The molecule has 0 saturated heterocycles. The van der Waals surface area contributed by atoms with Crippen molar-refractivity contribution >= 4 is 11.7 Å². The lowest BCUT2D eigenvalue weighted by Gasteiger charge is -2.35. The molecule has 2 aromatic carbocycles. The van der Waals surface area contributed by atoms with E-state index in [1.165, 1.54) is 0 Å². The molecule has 154 valence electrons. The highest BCUT2D eigenvalue weighted by Gasteiger charge is 2.51. The van der Waals surface area contributed by atoms with Gasteiger partial charge in [-0.25, -0.2) is 0 Å². The Kier molecular flexibility index (Phi) is 4.61. The van der Waals surface area contributed by atoms with E-state index in [1.54, 1.807) is 23.1 Å². The maximum atomic E-state index is 13.5. The number of Topliss-reactive ketones (excluding diaryl/α,β-unsaturated/α-hetero) is 1. The van der Waals surface area contributed by atoms with Crippen LogP contribution >= 0.6 is 0 Å². The number of fused-ring (bicyclic) bond motifs is 1. The normalized spacial score (nSPS) is 25.8. The van der Waals surface area contributed by atoms with Gasteiger partial charge in [-0.2, -0.15) is 0 Å². The van der Waals surface area contributed by atoms with Crippen molar-refractivity contribution in [2.45, 2.75) is 51.3 Å². The topological polar surface area (TPSA) is 66.8 Å². The average Bonchev–Trinajstić information content (AvgIpc) is 3.02. The van der Waals surface area contributed by atoms with Crippen LogP contribution in [0.15, 0.2) is 59.9 Å². The molecule has 2 heterocycles. The lowest BCUT2D eigenvalue weighted by atomic mass is 9.77. The Balaban J connectivity index is 1.58. The number of aromatic hydroxyl groups is 1. The number of ether oxygens (including phenoxy) is 1. The van der Waals surface area contributed by atoms with E-state index in [1.807, 2.05) is 37.3 Å². The predicted octanol–water partition coefficient (Wildman–Crippen LogP) is 4.20. The molecule has 1 amide bonds. The van der Waals surface area contributed by atoms with E-state index in [-0.39, 0.29) is 35.2 Å². The molecule has 1 aliphatic carbocycles. The number of amides is 1. The summed E-state index contributed by atoms with van der Waals surface area (Å²) in [7, 11) is 0. The van der Waals surface area contributed by atoms with Crippen LogP contribution in [0.1, 0.15) is 48.4 Å². The maximum Gasteiger partial charge on any atom is 0.290 e. The van der Waals surface area contributed by atoms with E-state index in [0.29, 0.717) is 12.1 Å². The van der Waals surface area contributed by atoms with Gasteiger partial charge in [-0.15, -0.1) is 0 Å². The molecule has 1 fully saturated rings. The summed E-state index contributed by atoms with van der Waals surface area (Å²) in [6.07, 6.45) is 3.46. The first-order valence-corrected chi connectivity index (χ1v) is 10.6. The number of carbonyl (C=O) groups excluding carboxylic acids is 2. The van der Waals surface area contributed by atoms with E-state index < -0.39 is 6.04 Å². The van der Waals surface area contributed by atoms with Gasteiger partial charge in [-0.3, -0.25) is 9.59 Å². The van der Waals surface area contributed by atoms with Crippen molar-refractivity contribution in [2.75, 3.05) is 0 Å². The zero-order valence-electron chi connectivity index (χ0n) is 17.0. The van der Waals surface area contributed by atoms with Gasteiger partial charge in [0.25, 0.3) is 5.91 Å². The smallest absolute Gasteiger partial charge is 0.290 e. The average molecular weight is 403 g/mol. The molecule has 0 spiro atoms. The Morgan fingerprint density at radius 2 is 1.83 bits per heavy atom. The molecule has 3 aliphatic rings. The fraction of sp³-hybridized carbons (Fsp3) is 0.360. The Bertz CT molecular complexity index is 1040. The van der Waals surface area contributed by atoms with E-state index in [4.69, 9.17) is 4.74 Å². The van der Waals surface area contributed by atoms with Crippen molar-refractivity contribution in [3.63, 3.8) is 0 Å². The first-order valence-electron chi connectivity index (χ1n) is 10.6. The van der Waals surface area contributed by atoms with Gasteiger partial charge >= 0.3 is 0 Å². The number of hydrogen-bond acceptors (Lipinski definition) is 4. The molecule has 1 N–H and O–H groups in total. The van der Waals surface area contributed by atoms with Crippen LogP contribution in [-0.2, 0) is 20.9 Å². The quantitative estimate of drug-likeness (QED) is 0.834. The molecule has 0 bridgehead atoms. The summed E-state index contributed by atoms with van der Waals surface area (Å²) in [5, 5.41) is 10.1. The SMILES string of the molecule is Cc1ccc(CN2C(=O)C3=C(C(=O)C4CCCCC4O3)C2c2cccc(O)c2)cc1. The fourth-order valence-electron chi connectivity index (χ4n) is 4.99. The van der Waals surface area contributed by atoms with Crippen molar-refractivity contribution in [2.24, 2.45) is 5.92 Å². The highest BCUT2D eigenvalue weighted by molar-refractivity contribution is 6.11. The molecule has 2 aliphatic heterocycles. The number of phenols is 1. The minimum Gasteiger partial charge on any atom is -0.508 e. The van der Waals surface area contributed by atoms with Gasteiger partial charge in [0.1, 0.15) is 11.9 Å². The Labute approximate surface area is 176 Å². The molecule has 3 atom stereocenters. The summed E-state index contributed by atoms with van der Waals surface area (Å²) >= 11 is 0. The monoisotopic (exact) mass is 403 g/mol. The van der Waals surface area contributed by atoms with Gasteiger partial charge in [0.15, 0.2) is 11.5 Å². The number of aryl methyl sites for hydroxylation is 1. The summed E-state index contributed by atoms with van der Waals surface area (Å²) in [4.78, 5) is 28.7. The van der Waals surface area contributed by atoms with Crippen molar-refractivity contribution in [1.29, 1.82) is 0 Å². The summed E-state index contributed by atoms with van der Waals surface area (Å²) in [6.45, 7) is 2.40. The van der Waals surface area contributed by atoms with Crippen molar-refractivity contribution in [3.05, 3.63) is 76.6 Å². The number of phenolic OH excluding ortho intramolecular Hbond substituents is 1. The van der Waals surface area contributed by atoms with Gasteiger partial charge in [0.05, 0.1) is 17.5 Å². The van der Waals surface area contributed by atoms with Gasteiger partial charge in [0, 0.05) is 6.54 Å². The Morgan fingerprint density at radius 1 is 1.07 bits per heavy atom. The molecular formula is C25H25NO4. The maximum absolute atomic E-state index is 13.5. The molecule has 1 saturated carbocycles. The molecule has 0 radical (unpaired) electrons. The fourth-order valence-corrected chi connectivity index (χ4v) is 4.99. The van der Waals surface area contributed by atoms with Crippen LogP contribution < -0.4 is 0 Å². The number of ketones is 1. The van der Waals surface area contributed by atoms with E-state index in [2.05, 4.69) is 0 Å². The third-order valence-corrected chi connectivity index (χ3v) is 6.52. The second-order valence-corrected chi connectivity index (χ2v) is 8.57. The van der Waals surface area contributed by atoms with Gasteiger partial charge < -0.3 is 14.7 Å². The summed E-state index contributed by atoms with van der Waals surface area (Å²) in [5.41, 5.74) is 3.33. The van der Waals surface area contributed by atoms with Crippen LogP contribution in [0.3, 0.4) is 0 Å². The number of hydrogen-bond donors (Lipinski definition) is 1. The Morgan fingerprint density at radius 3 is 2.60 bits per heavy atom. The predicted molar refractivity (Wildman–Crippen MR) is 111 cm³/mol. The molecule has 5 heteroatoms. The minimum atomic E-state index is -0.545. The van der Waals surface area contributed by atoms with E-state index in [0.717, 1.165) is 42.4 Å². The molecule has 5 rings (SSSR count). The highest BCUT2D eigenvalue weighted by Crippen LogP contribution is 2.47. The first-order chi connectivity index (χ1) is 14.5. The Hall–Kier alpha value is -3.08. The largest absolute Gasteiger partial charge is 0.508 e. The summed E-state index contributed by atoms with van der Waals surface area (Å²) in [6, 6.07) is 14.3. The van der Waals surface area contributed by atoms with Crippen LogP contribution in [0.4, 0.5) is 0 Å². The lowest BCUT2D eigenvalue weighted by molar-refractivity contribution is -0.135. The van der Waals surface area contributed by atoms with Crippen LogP contribution in [0, 0.1) is 12.8 Å². The third-order valence-electron chi connectivity index (χ3n) is 6.52. The second-order valence-electron chi connectivity index (χ2n) is 8.57. The second kappa shape index (κ2) is 7.31. The summed E-state index contributed by atoms with van der Waals surface area (Å²) < 4.78 is 6.17. The third kappa shape index (κ3) is 3.09. The van der Waals surface area contributed by atoms with Crippen LogP contribution in [0.2, 0.25) is 0 Å². The number of nitrogens with zero attached hydrogens (tertiary/aromatic N) is 1. The number of benzene rings is 2. The van der Waals surface area contributed by atoms with Crippen LogP contribution in [0.25, 0.3) is 0 Å². The molecule has 2 aromatic rings. The first kappa shape index (κ1) is 18.9. The standard InChI is InChI=1S/C25H25NO4/c1-15-9-11-16(12-10-15)14-26-22(17-5-4-6-18(27)13-17)21-23(28)19-7-2-3-8-20(19)30-24(21)25(26)29/h4-6,9-13,19-20,22,27H,2-3,7-8,14H2,1H3. The van der Waals surface area contributed by atoms with Crippen LogP contribution in [-0.4, -0.2) is 27.8 Å². The van der Waals surface area contributed by atoms with Crippen molar-refractivity contribution < 1.29 is 19.4 Å². The molecule has 3 unspecified atom stereocenters. The number of rotatable bonds is 3. The van der Waals surface area contributed by atoms with Crippen molar-refractivity contribution in [1.82, 2.24) is 4.90 Å². The van der Waals surface area contributed by atoms with Gasteiger partial charge in [-0.1, -0.05) is 48.4 Å². The van der Waals surface area contributed by atoms with Gasteiger partial charge in [-0.05, 0) is 49.4 Å². The molecule has 30 heavy (non-hydrogen) atoms. The molecule has 0 aromatic heterocycles. The number of carbonyl (C=O) groups is 2. The summed E-state index contributed by atoms with van der Waals surface area (Å²) in [5.74, 6) is -0.0533. The minimum absolute atomic E-state index is 0.0362. The highest BCUT2D eigenvalue weighted by atomic mass is 16.5. The van der Waals surface area contributed by atoms with Crippen LogP contribution in [0.5, 0.6) is 5.75 Å². The van der Waals surface area contributed by atoms with E-state index in [9.17, 15) is 14.7 Å².